The van der Waals surface area contributed by atoms with Gasteiger partial charge < -0.3 is 0 Å². The summed E-state index contributed by atoms with van der Waals surface area (Å²) in [5.41, 5.74) is 5.91. The Morgan fingerprint density at radius 2 is 1.11 bits per heavy atom. The molecule has 44 heavy (non-hydrogen) atoms. The van der Waals surface area contributed by atoms with Gasteiger partial charge in [-0.25, -0.2) is 29.9 Å². The number of unbranched alkanes of at least 4 members (excludes halogenated alkanes) is 4. The Morgan fingerprint density at radius 3 is 1.48 bits per heavy atom. The molecule has 238 valence electrons. The lowest BCUT2D eigenvalue weighted by molar-refractivity contribution is 0.464. The first-order chi connectivity index (χ1) is 21.1. The maximum atomic E-state index is 14.6. The van der Waals surface area contributed by atoms with E-state index in [1.54, 1.807) is 49.3 Å². The Hall–Kier alpha value is -2.80. The number of nitrogens with zero attached hydrogens (tertiary/aromatic N) is 8. The Morgan fingerprint density at radius 1 is 0.727 bits per heavy atom. The van der Waals surface area contributed by atoms with Gasteiger partial charge in [-0.05, 0) is 64.5 Å². The minimum Gasteiger partial charge on any atom is -0.295 e. The number of hydrogen-bond acceptors (Lipinski definition) is 14. The maximum Gasteiger partial charge on any atom is 0.259 e. The van der Waals surface area contributed by atoms with E-state index < -0.39 is 23.5 Å². The quantitative estimate of drug-likeness (QED) is 0.0648. The van der Waals surface area contributed by atoms with Crippen LogP contribution in [0.15, 0.2) is 57.1 Å². The third-order valence-electron chi connectivity index (χ3n) is 6.96. The Bertz CT molecular complexity index is 1350. The molecule has 2 aromatic heterocycles. The van der Waals surface area contributed by atoms with Crippen LogP contribution in [0.1, 0.15) is 79.1 Å². The van der Waals surface area contributed by atoms with E-state index in [4.69, 9.17) is 9.98 Å². The van der Waals surface area contributed by atoms with E-state index in [0.717, 1.165) is 61.3 Å². The van der Waals surface area contributed by atoms with Crippen molar-refractivity contribution >= 4 is 70.4 Å². The van der Waals surface area contributed by atoms with Crippen molar-refractivity contribution in [1.82, 2.24) is 30.8 Å². The van der Waals surface area contributed by atoms with E-state index in [0.29, 0.717) is 10.3 Å². The first-order valence-corrected chi connectivity index (χ1v) is 20.8. The van der Waals surface area contributed by atoms with Crippen LogP contribution in [0, 0.1) is 0 Å². The van der Waals surface area contributed by atoms with Crippen LogP contribution in [0.4, 0.5) is 11.9 Å². The molecule has 4 N–H and O–H groups in total. The summed E-state index contributed by atoms with van der Waals surface area (Å²) in [6.07, 6.45) is 16.3. The van der Waals surface area contributed by atoms with Crippen LogP contribution in [0.5, 0.6) is 0 Å². The summed E-state index contributed by atoms with van der Waals surface area (Å²) in [6, 6.07) is 3.38. The zero-order valence-electron chi connectivity index (χ0n) is 25.4. The second-order valence-corrected chi connectivity index (χ2v) is 20.5. The number of anilines is 2. The fourth-order valence-corrected chi connectivity index (χ4v) is 13.2. The van der Waals surface area contributed by atoms with Gasteiger partial charge in [0, 0.05) is 60.0 Å². The summed E-state index contributed by atoms with van der Waals surface area (Å²) < 4.78 is 29.2. The molecule has 2 aliphatic heterocycles. The molecule has 4 heterocycles. The van der Waals surface area contributed by atoms with Crippen LogP contribution < -0.4 is 21.0 Å². The molecule has 4 atom stereocenters. The van der Waals surface area contributed by atoms with Crippen molar-refractivity contribution < 1.29 is 9.13 Å². The molecule has 0 amide bonds. The first-order valence-electron chi connectivity index (χ1n) is 14.6. The predicted octanol–water partition coefficient (Wildman–Crippen LogP) is 7.13. The average Bonchev–Trinajstić information content (AvgIpc) is 3.40. The van der Waals surface area contributed by atoms with E-state index >= 15 is 0 Å². The second-order valence-electron chi connectivity index (χ2n) is 10.6. The van der Waals surface area contributed by atoms with Crippen LogP contribution in [-0.4, -0.2) is 53.3 Å². The fraction of sp³-hybridized carbons (Fsp3) is 0.538. The average molecular weight is 679 g/mol. The van der Waals surface area contributed by atoms with Crippen molar-refractivity contribution in [2.75, 3.05) is 10.2 Å². The minimum absolute atomic E-state index is 0.235. The number of rotatable bonds is 15. The molecule has 0 aromatic carbocycles. The summed E-state index contributed by atoms with van der Waals surface area (Å²) in [4.78, 5) is 26.6. The molecule has 4 unspecified atom stereocenters. The highest BCUT2D eigenvalue weighted by molar-refractivity contribution is 8.66. The van der Waals surface area contributed by atoms with Crippen LogP contribution >= 0.6 is 35.8 Å². The molecular weight excluding hydrogens is 638 g/mol. The number of aromatic nitrogens is 4. The van der Waals surface area contributed by atoms with E-state index in [1.165, 1.54) is 0 Å². The molecule has 0 bridgehead atoms. The molecule has 0 saturated carbocycles. The second kappa shape index (κ2) is 15.5. The van der Waals surface area contributed by atoms with Gasteiger partial charge in [0.2, 0.25) is 11.9 Å². The normalized spacial score (nSPS) is 28.3. The van der Waals surface area contributed by atoms with Gasteiger partial charge in [0.05, 0.1) is 0 Å². The summed E-state index contributed by atoms with van der Waals surface area (Å²) >= 11 is 2.19. The Balaban J connectivity index is 1.60. The van der Waals surface area contributed by atoms with Crippen molar-refractivity contribution in [2.24, 2.45) is 20.2 Å². The minimum atomic E-state index is -3.40. The van der Waals surface area contributed by atoms with E-state index in [-0.39, 0.29) is 24.7 Å². The van der Waals surface area contributed by atoms with Crippen molar-refractivity contribution in [3.05, 3.63) is 36.9 Å². The van der Waals surface area contributed by atoms with Gasteiger partial charge in [-0.3, -0.25) is 30.2 Å². The molecule has 18 heteroatoms. The van der Waals surface area contributed by atoms with Crippen LogP contribution in [0.3, 0.4) is 0 Å². The molecule has 14 nitrogen and oxygen atoms in total. The third-order valence-corrected chi connectivity index (χ3v) is 17.8. The molecule has 0 spiro atoms. The van der Waals surface area contributed by atoms with Crippen molar-refractivity contribution in [1.29, 1.82) is 0 Å². The zero-order chi connectivity index (χ0) is 31.5. The van der Waals surface area contributed by atoms with Crippen LogP contribution in [0.25, 0.3) is 0 Å². The molecule has 2 aromatic rings. The highest BCUT2D eigenvalue weighted by atomic mass is 32.7. The van der Waals surface area contributed by atoms with Crippen molar-refractivity contribution in [2.45, 2.75) is 89.6 Å². The van der Waals surface area contributed by atoms with Crippen molar-refractivity contribution in [3.8, 4) is 0 Å². The van der Waals surface area contributed by atoms with E-state index in [2.05, 4.69) is 65.0 Å². The molecular formula is C26H40N12O2P2S2. The summed E-state index contributed by atoms with van der Waals surface area (Å²) in [5, 5.41) is 13.3. The summed E-state index contributed by atoms with van der Waals surface area (Å²) in [7, 11) is 0. The predicted molar refractivity (Wildman–Crippen MR) is 185 cm³/mol. The summed E-state index contributed by atoms with van der Waals surface area (Å²) in [6.45, 7) is 1.07. The molecule has 0 aliphatic carbocycles. The number of aliphatic imine (C=N–C) groups is 2. The summed E-state index contributed by atoms with van der Waals surface area (Å²) in [5.74, 6) is 0.471. The number of nitrogens with one attached hydrogen (secondary N) is 4. The lowest BCUT2D eigenvalue weighted by atomic mass is 10.1. The van der Waals surface area contributed by atoms with Gasteiger partial charge in [-0.2, -0.15) is 10.2 Å². The highest BCUT2D eigenvalue weighted by Crippen LogP contribution is 2.76. The van der Waals surface area contributed by atoms with Gasteiger partial charge >= 0.3 is 0 Å². The number of amidine groups is 2. The van der Waals surface area contributed by atoms with E-state index in [1.807, 2.05) is 13.8 Å². The highest BCUT2D eigenvalue weighted by Gasteiger charge is 2.57. The number of hydrazone groups is 2. The van der Waals surface area contributed by atoms with Gasteiger partial charge in [0.15, 0.2) is 10.3 Å². The first kappa shape index (κ1) is 34.1. The maximum absolute atomic E-state index is 14.6. The van der Waals surface area contributed by atoms with Crippen molar-refractivity contribution in [3.63, 3.8) is 0 Å². The molecule has 2 aliphatic rings. The standard InChI is InChI=1S/C26H40N12O2P2S2/c1-5-7-9-19-31-35-23-33-25(3,41(39,43-23)37-21-27-15-11-16-28-21)13-14-26(4)34-24(36-32-20-10-8-6-2)44-42(26,40)38-22-29-17-12-18-30-22/h11-12,15-20H,5-10,13-14H2,1-4H3,(H,33,35)(H,34,36)(H,27,28,37,39)(H,29,30,38,40)/b31-19+,32-20+. The fourth-order valence-electron chi connectivity index (χ4n) is 4.21. The molecule has 4 rings (SSSR count). The topological polar surface area (TPSA) is 183 Å². The lowest BCUT2D eigenvalue weighted by Gasteiger charge is -2.33. The Kier molecular flexibility index (Phi) is 12.0. The monoisotopic (exact) mass is 678 g/mol. The SMILES string of the molecule is CCCC/C=N/NC1=NC(C)(CCC2(C)N=C(N/N=C/CCCC)SP2(=O)Nc2ncccn2)P(=O)(Nc2ncccn2)S1. The van der Waals surface area contributed by atoms with Gasteiger partial charge in [0.25, 0.3) is 13.0 Å². The lowest BCUT2D eigenvalue weighted by Crippen LogP contribution is -2.29. The van der Waals surface area contributed by atoms with E-state index in [9.17, 15) is 9.13 Å². The zero-order valence-corrected chi connectivity index (χ0v) is 28.8. The van der Waals surface area contributed by atoms with Crippen LogP contribution in [-0.2, 0) is 9.13 Å². The largest absolute Gasteiger partial charge is 0.295 e. The van der Waals surface area contributed by atoms with Gasteiger partial charge in [-0.1, -0.05) is 26.7 Å². The van der Waals surface area contributed by atoms with Gasteiger partial charge in [0.1, 0.15) is 10.6 Å². The number of hydrogen-bond donors (Lipinski definition) is 4. The van der Waals surface area contributed by atoms with Gasteiger partial charge in [-0.15, -0.1) is 0 Å². The molecule has 0 fully saturated rings. The Labute approximate surface area is 266 Å². The third kappa shape index (κ3) is 8.47. The smallest absolute Gasteiger partial charge is 0.259 e. The van der Waals surface area contributed by atoms with Crippen LogP contribution in [0.2, 0.25) is 0 Å². The molecule has 0 radical (unpaired) electrons. The molecule has 0 saturated heterocycles.